The lowest BCUT2D eigenvalue weighted by Crippen LogP contribution is -3.13. The van der Waals surface area contributed by atoms with E-state index in [4.69, 9.17) is 4.74 Å². The van der Waals surface area contributed by atoms with Gasteiger partial charge < -0.3 is 15.0 Å². The van der Waals surface area contributed by atoms with Crippen molar-refractivity contribution in [3.63, 3.8) is 0 Å². The van der Waals surface area contributed by atoms with Crippen molar-refractivity contribution in [3.8, 4) is 0 Å². The molecule has 1 unspecified atom stereocenters. The molecule has 6 nitrogen and oxygen atoms in total. The van der Waals surface area contributed by atoms with Crippen molar-refractivity contribution in [3.05, 3.63) is 51.7 Å². The molecule has 7 heteroatoms. The Morgan fingerprint density at radius 3 is 2.82 bits per heavy atom. The fourth-order valence-electron chi connectivity index (χ4n) is 3.50. The molecule has 1 fully saturated rings. The molecule has 0 aliphatic carbocycles. The summed E-state index contributed by atoms with van der Waals surface area (Å²) in [5.74, 6) is -0.285. The minimum absolute atomic E-state index is 0.187. The minimum atomic E-state index is -0.496. The van der Waals surface area contributed by atoms with Crippen LogP contribution in [0.2, 0.25) is 0 Å². The van der Waals surface area contributed by atoms with Gasteiger partial charge in [0, 0.05) is 12.3 Å². The Balaban J connectivity index is 1.54. The van der Waals surface area contributed by atoms with Crippen LogP contribution in [0.15, 0.2) is 35.7 Å². The van der Waals surface area contributed by atoms with Crippen LogP contribution in [-0.4, -0.2) is 37.7 Å². The van der Waals surface area contributed by atoms with Crippen LogP contribution in [0.25, 0.3) is 0 Å². The topological polar surface area (TPSA) is 71.9 Å². The average Bonchev–Trinajstić information content (AvgIpc) is 3.31. The zero-order chi connectivity index (χ0) is 19.9. The van der Waals surface area contributed by atoms with E-state index >= 15 is 0 Å². The number of benzene rings is 1. The number of hydrogen-bond acceptors (Lipinski definition) is 4. The van der Waals surface area contributed by atoms with Gasteiger partial charge in [-0.05, 0) is 49.8 Å². The number of thiophene rings is 1. The fraction of sp³-hybridized carbons (Fsp3) is 0.429. The van der Waals surface area contributed by atoms with Crippen molar-refractivity contribution in [2.45, 2.75) is 39.3 Å². The summed E-state index contributed by atoms with van der Waals surface area (Å²) < 4.78 is 5.74. The number of aryl methyl sites for hydroxylation is 2. The Bertz CT molecular complexity index is 801. The Labute approximate surface area is 169 Å². The summed E-state index contributed by atoms with van der Waals surface area (Å²) in [4.78, 5) is 27.0. The number of quaternary nitrogens is 1. The van der Waals surface area contributed by atoms with Crippen LogP contribution in [0.4, 0.5) is 10.5 Å². The number of rotatable bonds is 7. The van der Waals surface area contributed by atoms with Gasteiger partial charge in [-0.3, -0.25) is 10.1 Å². The number of amides is 3. The Kier molecular flexibility index (Phi) is 7.19. The Morgan fingerprint density at radius 2 is 2.14 bits per heavy atom. The van der Waals surface area contributed by atoms with Crippen LogP contribution in [0.3, 0.4) is 0 Å². The zero-order valence-corrected chi connectivity index (χ0v) is 17.2. The highest BCUT2D eigenvalue weighted by Gasteiger charge is 2.25. The number of urea groups is 1. The number of carbonyl (C=O) groups excluding carboxylic acids is 2. The van der Waals surface area contributed by atoms with Crippen LogP contribution in [0.5, 0.6) is 0 Å². The molecule has 2 aromatic rings. The summed E-state index contributed by atoms with van der Waals surface area (Å²) in [6.07, 6.45) is 2.29. The molecule has 0 radical (unpaired) electrons. The van der Waals surface area contributed by atoms with E-state index in [0.29, 0.717) is 5.69 Å². The van der Waals surface area contributed by atoms with Crippen molar-refractivity contribution < 1.29 is 19.2 Å². The SMILES string of the molecule is Cc1ccc(NC(=O)NC(=O)C[NH+](Cc2cccs2)C[C@@H]2CCCO2)c(C)c1. The van der Waals surface area contributed by atoms with E-state index in [1.165, 1.54) is 4.88 Å². The summed E-state index contributed by atoms with van der Waals surface area (Å²) >= 11 is 1.68. The van der Waals surface area contributed by atoms with Crippen molar-refractivity contribution in [2.75, 3.05) is 25.0 Å². The first-order valence-electron chi connectivity index (χ1n) is 9.65. The molecule has 0 bridgehead atoms. The summed E-state index contributed by atoms with van der Waals surface area (Å²) in [7, 11) is 0. The van der Waals surface area contributed by atoms with Crippen LogP contribution >= 0.6 is 11.3 Å². The largest absolute Gasteiger partial charge is 0.372 e. The van der Waals surface area contributed by atoms with Crippen LogP contribution in [0.1, 0.15) is 28.8 Å². The van der Waals surface area contributed by atoms with Gasteiger partial charge in [-0.1, -0.05) is 23.8 Å². The normalized spacial score (nSPS) is 17.3. The third kappa shape index (κ3) is 6.15. The molecule has 3 N–H and O–H groups in total. The highest BCUT2D eigenvalue weighted by atomic mass is 32.1. The lowest BCUT2D eigenvalue weighted by molar-refractivity contribution is -0.908. The van der Waals surface area contributed by atoms with Gasteiger partial charge in [0.25, 0.3) is 5.91 Å². The zero-order valence-electron chi connectivity index (χ0n) is 16.4. The summed E-state index contributed by atoms with van der Waals surface area (Å²) in [5.41, 5.74) is 2.80. The number of carbonyl (C=O) groups is 2. The van der Waals surface area contributed by atoms with E-state index in [9.17, 15) is 9.59 Å². The minimum Gasteiger partial charge on any atom is -0.372 e. The number of ether oxygens (including phenoxy) is 1. The first-order valence-corrected chi connectivity index (χ1v) is 10.5. The Morgan fingerprint density at radius 1 is 1.29 bits per heavy atom. The molecule has 0 saturated carbocycles. The summed E-state index contributed by atoms with van der Waals surface area (Å²) in [5, 5.41) is 7.25. The maximum atomic E-state index is 12.5. The third-order valence-corrected chi connectivity index (χ3v) is 5.71. The second-order valence-corrected chi connectivity index (χ2v) is 8.37. The average molecular weight is 403 g/mol. The first kappa shape index (κ1) is 20.5. The summed E-state index contributed by atoms with van der Waals surface area (Å²) in [6, 6.07) is 9.36. The number of anilines is 1. The van der Waals surface area contributed by atoms with Gasteiger partial charge in [0.1, 0.15) is 19.2 Å². The van der Waals surface area contributed by atoms with Gasteiger partial charge in [-0.15, -0.1) is 11.3 Å². The quantitative estimate of drug-likeness (QED) is 0.665. The van der Waals surface area contributed by atoms with Crippen molar-refractivity contribution >= 4 is 29.0 Å². The van der Waals surface area contributed by atoms with Crippen molar-refractivity contribution in [1.82, 2.24) is 5.32 Å². The van der Waals surface area contributed by atoms with Crippen molar-refractivity contribution in [2.24, 2.45) is 0 Å². The van der Waals surface area contributed by atoms with Crippen molar-refractivity contribution in [1.29, 1.82) is 0 Å². The fourth-order valence-corrected chi connectivity index (χ4v) is 4.28. The molecule has 1 aromatic carbocycles. The second kappa shape index (κ2) is 9.82. The highest BCUT2D eigenvalue weighted by molar-refractivity contribution is 7.09. The molecule has 3 amide bonds. The molecule has 2 heterocycles. The number of hydrogen-bond donors (Lipinski definition) is 3. The predicted octanol–water partition coefficient (Wildman–Crippen LogP) is 2.28. The first-order chi connectivity index (χ1) is 13.5. The molecule has 1 saturated heterocycles. The molecule has 3 rings (SSSR count). The van der Waals surface area contributed by atoms with Gasteiger partial charge in [0.05, 0.1) is 4.88 Å². The van der Waals surface area contributed by atoms with E-state index in [1.807, 2.05) is 43.5 Å². The third-order valence-electron chi connectivity index (χ3n) is 4.84. The van der Waals surface area contributed by atoms with Gasteiger partial charge in [0.15, 0.2) is 6.54 Å². The molecule has 1 aromatic heterocycles. The summed E-state index contributed by atoms with van der Waals surface area (Å²) in [6.45, 7) is 6.48. The van der Waals surface area contributed by atoms with E-state index in [2.05, 4.69) is 16.7 Å². The monoisotopic (exact) mass is 402 g/mol. The molecule has 28 heavy (non-hydrogen) atoms. The van der Waals surface area contributed by atoms with Crippen LogP contribution < -0.4 is 15.5 Å². The molecule has 2 atom stereocenters. The maximum Gasteiger partial charge on any atom is 0.326 e. The van der Waals surface area contributed by atoms with Crippen LogP contribution in [0, 0.1) is 13.8 Å². The molecular formula is C21H28N3O3S+. The van der Waals surface area contributed by atoms with Gasteiger partial charge in [0.2, 0.25) is 0 Å². The van der Waals surface area contributed by atoms with E-state index < -0.39 is 6.03 Å². The molecule has 1 aliphatic heterocycles. The molecule has 0 spiro atoms. The lowest BCUT2D eigenvalue weighted by atomic mass is 10.1. The Hall–Kier alpha value is -2.22. The maximum absolute atomic E-state index is 12.5. The smallest absolute Gasteiger partial charge is 0.326 e. The second-order valence-electron chi connectivity index (χ2n) is 7.34. The molecule has 1 aliphatic rings. The van der Waals surface area contributed by atoms with Gasteiger partial charge >= 0.3 is 6.03 Å². The standard InChI is InChI=1S/C21H27N3O3S/c1-15-7-8-19(16(2)11-15)22-21(26)23-20(25)14-24(12-17-5-3-9-27-17)13-18-6-4-10-28-18/h4,6-8,10-11,17H,3,5,9,12-14H2,1-2H3,(H2,22,23,25,26)/p+1/t17-/m0/s1. The lowest BCUT2D eigenvalue weighted by Gasteiger charge is -2.21. The highest BCUT2D eigenvalue weighted by Crippen LogP contribution is 2.15. The predicted molar refractivity (Wildman–Crippen MR) is 111 cm³/mol. The van der Waals surface area contributed by atoms with Crippen LogP contribution in [-0.2, 0) is 16.1 Å². The van der Waals surface area contributed by atoms with E-state index in [-0.39, 0.29) is 18.6 Å². The van der Waals surface area contributed by atoms with Gasteiger partial charge in [-0.25, -0.2) is 4.79 Å². The number of nitrogens with one attached hydrogen (secondary N) is 3. The van der Waals surface area contributed by atoms with E-state index in [1.54, 1.807) is 11.3 Å². The number of imide groups is 1. The molecular weight excluding hydrogens is 374 g/mol. The van der Waals surface area contributed by atoms with Gasteiger partial charge in [-0.2, -0.15) is 0 Å². The molecule has 150 valence electrons. The van der Waals surface area contributed by atoms with E-state index in [0.717, 1.165) is 48.6 Å².